The van der Waals surface area contributed by atoms with Crippen LogP contribution in [0.15, 0.2) is 72.8 Å². The van der Waals surface area contributed by atoms with Gasteiger partial charge in [0.2, 0.25) is 0 Å². The van der Waals surface area contributed by atoms with Crippen molar-refractivity contribution in [3.05, 3.63) is 89.5 Å². The van der Waals surface area contributed by atoms with Gasteiger partial charge >= 0.3 is 22.6 Å². The molecule has 0 spiro atoms. The van der Waals surface area contributed by atoms with E-state index >= 15 is 0 Å². The first-order chi connectivity index (χ1) is 17.8. The van der Waals surface area contributed by atoms with Gasteiger partial charge in [-0.25, -0.2) is 0 Å². The summed E-state index contributed by atoms with van der Waals surface area (Å²) >= 11 is 0. The van der Waals surface area contributed by atoms with E-state index in [-0.39, 0.29) is 29.8 Å². The van der Waals surface area contributed by atoms with E-state index in [1.165, 1.54) is 16.4 Å². The van der Waals surface area contributed by atoms with E-state index in [2.05, 4.69) is 10.0 Å². The van der Waals surface area contributed by atoms with Crippen molar-refractivity contribution in [3.63, 3.8) is 0 Å². The zero-order chi connectivity index (χ0) is 27.6. The fraction of sp³-hybridized carbons (Fsp3) is 0.308. The molecule has 0 bridgehead atoms. The van der Waals surface area contributed by atoms with E-state index in [4.69, 9.17) is 0 Å². The van der Waals surface area contributed by atoms with Gasteiger partial charge in [-0.3, -0.25) is 4.72 Å². The van der Waals surface area contributed by atoms with Crippen molar-refractivity contribution in [3.8, 4) is 11.1 Å². The van der Waals surface area contributed by atoms with Crippen molar-refractivity contribution in [2.45, 2.75) is 37.8 Å². The number of benzene rings is 3. The van der Waals surface area contributed by atoms with Crippen LogP contribution in [0.25, 0.3) is 11.1 Å². The zero-order valence-corrected chi connectivity index (χ0v) is 20.8. The summed E-state index contributed by atoms with van der Waals surface area (Å²) in [5.74, 6) is 0. The Morgan fingerprint density at radius 3 is 2.11 bits per heavy atom. The molecule has 5 nitrogen and oxygen atoms in total. The number of nitrogens with zero attached hydrogens (tertiary/aromatic N) is 1. The lowest BCUT2D eigenvalue weighted by Gasteiger charge is -2.25. The van der Waals surface area contributed by atoms with Crippen LogP contribution in [0.4, 0.5) is 32.0 Å². The first-order valence-corrected chi connectivity index (χ1v) is 13.2. The molecule has 4 rings (SSSR count). The largest absolute Gasteiger partial charge is 0.416 e. The average molecular weight is 558 g/mol. The molecule has 12 heteroatoms. The van der Waals surface area contributed by atoms with Gasteiger partial charge in [0.25, 0.3) is 0 Å². The highest BCUT2D eigenvalue weighted by atomic mass is 32.2. The third-order valence-electron chi connectivity index (χ3n) is 6.21. The topological polar surface area (TPSA) is 61.4 Å². The van der Waals surface area contributed by atoms with E-state index in [1.54, 1.807) is 42.5 Å². The number of hydrogen-bond donors (Lipinski definition) is 2. The van der Waals surface area contributed by atoms with Gasteiger partial charge in [-0.1, -0.05) is 36.4 Å². The Bertz CT molecular complexity index is 1330. The summed E-state index contributed by atoms with van der Waals surface area (Å²) in [5, 5.41) is 3.17. The maximum Gasteiger partial charge on any atom is 0.416 e. The minimum atomic E-state index is -4.93. The normalized spacial score (nSPS) is 17.1. The van der Waals surface area contributed by atoms with E-state index in [0.717, 1.165) is 0 Å². The quantitative estimate of drug-likeness (QED) is 0.320. The molecule has 0 aliphatic carbocycles. The number of rotatable bonds is 8. The molecule has 0 radical (unpaired) electrons. The van der Waals surface area contributed by atoms with Crippen LogP contribution in [-0.4, -0.2) is 31.9 Å². The lowest BCUT2D eigenvalue weighted by atomic mass is 9.98. The molecule has 1 saturated heterocycles. The Morgan fingerprint density at radius 1 is 0.816 bits per heavy atom. The van der Waals surface area contributed by atoms with Crippen LogP contribution in [0.2, 0.25) is 0 Å². The van der Waals surface area contributed by atoms with Crippen molar-refractivity contribution in [2.75, 3.05) is 17.8 Å². The number of anilines is 1. The number of alkyl halides is 6. The second kappa shape index (κ2) is 11.0. The van der Waals surface area contributed by atoms with Crippen LogP contribution in [0.3, 0.4) is 0 Å². The maximum absolute atomic E-state index is 13.3. The molecule has 2 N–H and O–H groups in total. The van der Waals surface area contributed by atoms with Crippen molar-refractivity contribution in [1.29, 1.82) is 0 Å². The smallest absolute Gasteiger partial charge is 0.311 e. The molecule has 1 fully saturated rings. The van der Waals surface area contributed by atoms with Gasteiger partial charge in [0.05, 0.1) is 11.1 Å². The predicted octanol–water partition coefficient (Wildman–Crippen LogP) is 6.30. The van der Waals surface area contributed by atoms with Crippen LogP contribution in [0.5, 0.6) is 0 Å². The Kier molecular flexibility index (Phi) is 8.05. The van der Waals surface area contributed by atoms with Gasteiger partial charge < -0.3 is 5.32 Å². The third kappa shape index (κ3) is 6.86. The standard InChI is InChI=1S/C26H25F6N3O2S/c27-25(28,29)21-13-20(14-22(15-21)26(30,31)32)19-7-4-6-18(12-19)16-33-17-24-10-5-11-35(24)38(36,37)34-23-8-2-1-3-9-23/h1-4,6-9,12-15,24,33-34H,5,10-11,16-17H2. The molecule has 0 saturated carbocycles. The summed E-state index contributed by atoms with van der Waals surface area (Å²) in [6.07, 6.45) is -8.53. The molecule has 1 aliphatic rings. The molecule has 38 heavy (non-hydrogen) atoms. The molecule has 1 heterocycles. The monoisotopic (exact) mass is 557 g/mol. The molecule has 204 valence electrons. The Hall–Kier alpha value is -3.09. The first-order valence-electron chi connectivity index (χ1n) is 11.8. The zero-order valence-electron chi connectivity index (χ0n) is 20.0. The predicted molar refractivity (Wildman–Crippen MR) is 132 cm³/mol. The highest BCUT2D eigenvalue weighted by molar-refractivity contribution is 7.90. The van der Waals surface area contributed by atoms with E-state index in [1.807, 2.05) is 0 Å². The number of para-hydroxylation sites is 1. The SMILES string of the molecule is O=S(=O)(Nc1ccccc1)N1CCCC1CNCc1cccc(-c2cc(C(F)(F)F)cc(C(F)(F)F)c2)c1. The molecular weight excluding hydrogens is 532 g/mol. The minimum absolute atomic E-state index is 0.100. The summed E-state index contributed by atoms with van der Waals surface area (Å²) in [6, 6.07) is 15.9. The van der Waals surface area contributed by atoms with E-state index < -0.39 is 33.7 Å². The molecule has 3 aromatic rings. The second-order valence-electron chi connectivity index (χ2n) is 9.01. The maximum atomic E-state index is 13.3. The summed E-state index contributed by atoms with van der Waals surface area (Å²) in [4.78, 5) is 0. The third-order valence-corrected chi connectivity index (χ3v) is 7.80. The molecule has 0 amide bonds. The van der Waals surface area contributed by atoms with Crippen LogP contribution in [0, 0.1) is 0 Å². The average Bonchev–Trinajstić information content (AvgIpc) is 3.33. The van der Waals surface area contributed by atoms with Gasteiger partial charge in [0.1, 0.15) is 0 Å². The first kappa shape index (κ1) is 27.9. The van der Waals surface area contributed by atoms with E-state index in [0.29, 0.717) is 49.3 Å². The lowest BCUT2D eigenvalue weighted by molar-refractivity contribution is -0.143. The van der Waals surface area contributed by atoms with Crippen LogP contribution in [-0.2, 0) is 29.1 Å². The highest BCUT2D eigenvalue weighted by Crippen LogP contribution is 2.38. The van der Waals surface area contributed by atoms with Crippen molar-refractivity contribution < 1.29 is 34.8 Å². The minimum Gasteiger partial charge on any atom is -0.311 e. The Morgan fingerprint density at radius 2 is 1.47 bits per heavy atom. The second-order valence-corrected chi connectivity index (χ2v) is 10.6. The van der Waals surface area contributed by atoms with Crippen molar-refractivity contribution in [1.82, 2.24) is 9.62 Å². The highest BCUT2D eigenvalue weighted by Gasteiger charge is 2.37. The van der Waals surface area contributed by atoms with Crippen LogP contribution >= 0.6 is 0 Å². The Balaban J connectivity index is 1.45. The summed E-state index contributed by atoms with van der Waals surface area (Å²) in [6.45, 7) is 0.929. The van der Waals surface area contributed by atoms with Crippen LogP contribution in [0.1, 0.15) is 29.5 Å². The van der Waals surface area contributed by atoms with Crippen LogP contribution < -0.4 is 10.0 Å². The molecule has 1 unspecified atom stereocenters. The van der Waals surface area contributed by atoms with E-state index in [9.17, 15) is 34.8 Å². The van der Waals surface area contributed by atoms with Gasteiger partial charge in [-0.2, -0.15) is 39.1 Å². The van der Waals surface area contributed by atoms with Crippen molar-refractivity contribution >= 4 is 15.9 Å². The molecular formula is C26H25F6N3O2S. The number of nitrogens with one attached hydrogen (secondary N) is 2. The Labute approximate surface area is 216 Å². The number of halogens is 6. The van der Waals surface area contributed by atoms with Crippen molar-refractivity contribution in [2.24, 2.45) is 0 Å². The number of hydrogen-bond acceptors (Lipinski definition) is 3. The molecule has 3 aromatic carbocycles. The lowest BCUT2D eigenvalue weighted by Crippen LogP contribution is -2.44. The van der Waals surface area contributed by atoms with Gasteiger partial charge in [-0.15, -0.1) is 0 Å². The fourth-order valence-electron chi connectivity index (χ4n) is 4.41. The summed E-state index contributed by atoms with van der Waals surface area (Å²) in [5.41, 5.74) is -1.67. The molecule has 1 atom stereocenters. The van der Waals surface area contributed by atoms with Gasteiger partial charge in [-0.05, 0) is 65.9 Å². The van der Waals surface area contributed by atoms with Gasteiger partial charge in [0.15, 0.2) is 0 Å². The van der Waals surface area contributed by atoms with Gasteiger partial charge in [0, 0.05) is 31.4 Å². The molecule has 0 aromatic heterocycles. The summed E-state index contributed by atoms with van der Waals surface area (Å²) in [7, 11) is -3.77. The fourth-order valence-corrected chi connectivity index (χ4v) is 5.90. The molecule has 1 aliphatic heterocycles. The summed E-state index contributed by atoms with van der Waals surface area (Å²) < 4.78 is 109.